The second-order valence-electron chi connectivity index (χ2n) is 5.52. The molecule has 1 aliphatic heterocycles. The fraction of sp³-hybridized carbons (Fsp3) is 0.923. The number of rotatable bonds is 5. The number of hydrogen-bond acceptors (Lipinski definition) is 3. The van der Waals surface area contributed by atoms with Crippen LogP contribution in [0.15, 0.2) is 0 Å². The lowest BCUT2D eigenvalue weighted by Gasteiger charge is -2.28. The zero-order valence-corrected chi connectivity index (χ0v) is 13.1. The summed E-state index contributed by atoms with van der Waals surface area (Å²) in [4.78, 5) is 14.3. The molecule has 0 aromatic carbocycles. The molecule has 0 unspecified atom stereocenters. The quantitative estimate of drug-likeness (QED) is 0.577. The molecule has 2 fully saturated rings. The Morgan fingerprint density at radius 2 is 1.72 bits per heavy atom. The number of carbonyl (C=O) groups excluding carboxylic acids is 1. The highest BCUT2D eigenvalue weighted by Crippen LogP contribution is 2.19. The topological polar surface area (TPSA) is 44.4 Å². The summed E-state index contributed by atoms with van der Waals surface area (Å²) < 4.78 is 3.29. The lowest BCUT2D eigenvalue weighted by atomic mass is 9.92. The largest absolute Gasteiger partial charge is 0.353 e. The molecule has 0 aromatic rings. The summed E-state index contributed by atoms with van der Waals surface area (Å²) >= 11 is 2.23. The van der Waals surface area contributed by atoms with Gasteiger partial charge in [0.2, 0.25) is 5.91 Å². The van der Waals surface area contributed by atoms with E-state index in [2.05, 4.69) is 36.6 Å². The highest BCUT2D eigenvalue weighted by atomic mass is 127. The van der Waals surface area contributed by atoms with Crippen LogP contribution in [0.5, 0.6) is 0 Å². The van der Waals surface area contributed by atoms with Gasteiger partial charge in [0.1, 0.15) is 0 Å². The summed E-state index contributed by atoms with van der Waals surface area (Å²) in [6.07, 6.45) is 7.88. The first-order valence-electron chi connectivity index (χ1n) is 7.16. The fourth-order valence-corrected chi connectivity index (χ4v) is 3.54. The van der Waals surface area contributed by atoms with E-state index in [1.54, 1.807) is 0 Å². The molecule has 2 rings (SSSR count). The highest BCUT2D eigenvalue weighted by molar-refractivity contribution is 14.1. The molecule has 0 radical (unpaired) electrons. The Labute approximate surface area is 124 Å². The Morgan fingerprint density at radius 1 is 1.11 bits per heavy atom. The van der Waals surface area contributed by atoms with Crippen LogP contribution in [0.2, 0.25) is 0 Å². The van der Waals surface area contributed by atoms with Crippen LogP contribution in [0.25, 0.3) is 0 Å². The molecule has 4 nitrogen and oxygen atoms in total. The van der Waals surface area contributed by atoms with Gasteiger partial charge < -0.3 is 10.2 Å². The summed E-state index contributed by atoms with van der Waals surface area (Å²) in [6.45, 7) is 3.30. The number of nitrogens with zero attached hydrogens (tertiary/aromatic N) is 1. The second-order valence-corrected chi connectivity index (χ2v) is 6.15. The molecule has 2 aliphatic rings. The first-order valence-corrected chi connectivity index (χ1v) is 8.23. The molecule has 104 valence electrons. The van der Waals surface area contributed by atoms with Crippen LogP contribution < -0.4 is 8.85 Å². The lowest BCUT2D eigenvalue weighted by molar-refractivity contribution is -0.122. The molecule has 2 N–H and O–H groups in total. The predicted molar refractivity (Wildman–Crippen MR) is 81.6 cm³/mol. The first-order chi connectivity index (χ1) is 8.78. The zero-order chi connectivity index (χ0) is 12.8. The van der Waals surface area contributed by atoms with Crippen LogP contribution in [-0.4, -0.2) is 42.5 Å². The Balaban J connectivity index is 1.59. The molecule has 1 saturated carbocycles. The van der Waals surface area contributed by atoms with Gasteiger partial charge >= 0.3 is 0 Å². The van der Waals surface area contributed by atoms with Gasteiger partial charge in [-0.1, -0.05) is 0 Å². The van der Waals surface area contributed by atoms with E-state index in [1.165, 1.54) is 38.8 Å². The third kappa shape index (κ3) is 4.66. The van der Waals surface area contributed by atoms with Gasteiger partial charge in [-0.3, -0.25) is 8.32 Å². The van der Waals surface area contributed by atoms with Crippen molar-refractivity contribution in [2.75, 3.05) is 19.6 Å². The number of carbonyl (C=O) groups is 1. The van der Waals surface area contributed by atoms with E-state index in [4.69, 9.17) is 0 Å². The van der Waals surface area contributed by atoms with Crippen molar-refractivity contribution in [2.24, 2.45) is 0 Å². The molecule has 0 spiro atoms. The van der Waals surface area contributed by atoms with E-state index in [0.717, 1.165) is 19.4 Å². The summed E-state index contributed by atoms with van der Waals surface area (Å²) in [7, 11) is 0. The second kappa shape index (κ2) is 7.65. The third-order valence-corrected chi connectivity index (χ3v) is 4.98. The molecule has 1 saturated heterocycles. The van der Waals surface area contributed by atoms with Crippen LogP contribution in [0.1, 0.15) is 44.9 Å². The van der Waals surface area contributed by atoms with Gasteiger partial charge in [0, 0.05) is 47.9 Å². The minimum absolute atomic E-state index is 0.243. The fourth-order valence-electron chi connectivity index (χ4n) is 2.91. The molecule has 1 aliphatic carbocycles. The monoisotopic (exact) mass is 365 g/mol. The molecule has 1 amide bonds. The molecular formula is C13H24IN3O. The molecule has 1 heterocycles. The highest BCUT2D eigenvalue weighted by Gasteiger charge is 2.21. The predicted octanol–water partition coefficient (Wildman–Crippen LogP) is 1.84. The summed E-state index contributed by atoms with van der Waals surface area (Å²) in [5, 5.41) is 3.19. The minimum Gasteiger partial charge on any atom is -0.353 e. The van der Waals surface area contributed by atoms with Crippen molar-refractivity contribution in [1.82, 2.24) is 13.7 Å². The average molecular weight is 365 g/mol. The van der Waals surface area contributed by atoms with Crippen LogP contribution in [0.4, 0.5) is 0 Å². The molecule has 0 bridgehead atoms. The van der Waals surface area contributed by atoms with E-state index in [9.17, 15) is 4.79 Å². The summed E-state index contributed by atoms with van der Waals surface area (Å²) in [5.41, 5.74) is 0. The van der Waals surface area contributed by atoms with Crippen molar-refractivity contribution < 1.29 is 4.79 Å². The summed E-state index contributed by atoms with van der Waals surface area (Å²) in [5.74, 6) is 0.243. The number of halogens is 1. The van der Waals surface area contributed by atoms with Crippen molar-refractivity contribution in [1.29, 1.82) is 0 Å². The van der Waals surface area contributed by atoms with E-state index in [0.29, 0.717) is 18.5 Å². The van der Waals surface area contributed by atoms with Gasteiger partial charge in [-0.2, -0.15) is 0 Å². The van der Waals surface area contributed by atoms with Crippen LogP contribution >= 0.6 is 22.9 Å². The molecular weight excluding hydrogens is 341 g/mol. The van der Waals surface area contributed by atoms with Crippen molar-refractivity contribution in [2.45, 2.75) is 57.0 Å². The standard InChI is InChI=1S/C13H24IN3O/c14-16-12-5-3-11(4-6-12)15-13(18)7-10-17-8-1-2-9-17/h11-12,16H,1-10H2,(H,15,18). The van der Waals surface area contributed by atoms with Crippen molar-refractivity contribution in [3.63, 3.8) is 0 Å². The molecule has 18 heavy (non-hydrogen) atoms. The van der Waals surface area contributed by atoms with Crippen LogP contribution in [0, 0.1) is 0 Å². The van der Waals surface area contributed by atoms with E-state index in [-0.39, 0.29) is 5.91 Å². The van der Waals surface area contributed by atoms with E-state index >= 15 is 0 Å². The number of hydrogen-bond donors (Lipinski definition) is 2. The van der Waals surface area contributed by atoms with Crippen molar-refractivity contribution >= 4 is 28.8 Å². The van der Waals surface area contributed by atoms with Crippen LogP contribution in [0.3, 0.4) is 0 Å². The summed E-state index contributed by atoms with van der Waals surface area (Å²) in [6, 6.07) is 1.06. The Morgan fingerprint density at radius 3 is 2.33 bits per heavy atom. The zero-order valence-electron chi connectivity index (χ0n) is 11.0. The number of amides is 1. The Hall–Kier alpha value is 0.120. The average Bonchev–Trinajstić information content (AvgIpc) is 2.90. The number of nitrogens with one attached hydrogen (secondary N) is 2. The third-order valence-electron chi connectivity index (χ3n) is 4.10. The smallest absolute Gasteiger partial charge is 0.221 e. The maximum Gasteiger partial charge on any atom is 0.221 e. The SMILES string of the molecule is O=C(CCN1CCCC1)NC1CCC(NI)CC1. The van der Waals surface area contributed by atoms with Gasteiger partial charge in [-0.05, 0) is 51.6 Å². The normalized spacial score (nSPS) is 29.4. The van der Waals surface area contributed by atoms with Crippen molar-refractivity contribution in [3.8, 4) is 0 Å². The maximum atomic E-state index is 11.9. The van der Waals surface area contributed by atoms with Gasteiger partial charge in [0.25, 0.3) is 0 Å². The van der Waals surface area contributed by atoms with E-state index < -0.39 is 0 Å². The molecule has 0 aromatic heterocycles. The van der Waals surface area contributed by atoms with Gasteiger partial charge in [-0.25, -0.2) is 0 Å². The minimum atomic E-state index is 0.243. The Bertz CT molecular complexity index is 261. The van der Waals surface area contributed by atoms with Crippen molar-refractivity contribution in [3.05, 3.63) is 0 Å². The Kier molecular flexibility index (Phi) is 6.17. The lowest BCUT2D eigenvalue weighted by Crippen LogP contribution is -2.41. The van der Waals surface area contributed by atoms with Gasteiger partial charge in [0.15, 0.2) is 0 Å². The van der Waals surface area contributed by atoms with Crippen LogP contribution in [-0.2, 0) is 4.79 Å². The molecule has 5 heteroatoms. The maximum absolute atomic E-state index is 11.9. The van der Waals surface area contributed by atoms with E-state index in [1.807, 2.05) is 0 Å². The van der Waals surface area contributed by atoms with Gasteiger partial charge in [-0.15, -0.1) is 0 Å². The number of likely N-dealkylation sites (tertiary alicyclic amines) is 1. The first kappa shape index (κ1) is 14.5. The molecule has 0 atom stereocenters. The van der Waals surface area contributed by atoms with Gasteiger partial charge in [0.05, 0.1) is 0 Å².